The molecule has 11 nitrogen and oxygen atoms in total. The van der Waals surface area contributed by atoms with Crippen molar-refractivity contribution in [1.82, 2.24) is 20.9 Å². The standard InChI is InChI=1S/C43H54N4O7/c48-40(33-9-3-7-31(20-33)23-39(43(53)54)36-12-16-46-26-36)47(27-32-8-2-6-30(19-32)22-38(42(51)52)35-11-15-45-25-35)17-13-28-4-1-5-29(18-28)21-37(41(49)50)34-10-14-44-24-34/h1-9,18-20,34-39,44-46H,10-17,21-27H2,(H,49,50)(H,51,52)(H,53,54)/t34-,35-,36-,37-,38-,39-/m0/s1. The van der Waals surface area contributed by atoms with E-state index in [4.69, 9.17) is 0 Å². The number of carboxylic acids is 3. The first-order valence-electron chi connectivity index (χ1n) is 19.5. The van der Waals surface area contributed by atoms with Crippen LogP contribution in [-0.2, 0) is 46.6 Å². The highest BCUT2D eigenvalue weighted by Gasteiger charge is 2.33. The molecule has 1 amide bonds. The van der Waals surface area contributed by atoms with Gasteiger partial charge < -0.3 is 36.2 Å². The van der Waals surface area contributed by atoms with Crippen molar-refractivity contribution < 1.29 is 34.5 Å². The highest BCUT2D eigenvalue weighted by molar-refractivity contribution is 5.94. The molecule has 3 aromatic carbocycles. The number of carbonyl (C=O) groups is 4. The summed E-state index contributed by atoms with van der Waals surface area (Å²) in [6.07, 6.45) is 4.23. The van der Waals surface area contributed by atoms with E-state index in [0.717, 1.165) is 66.7 Å². The third-order valence-electron chi connectivity index (χ3n) is 11.8. The second kappa shape index (κ2) is 18.6. The van der Waals surface area contributed by atoms with Gasteiger partial charge in [0.2, 0.25) is 0 Å². The van der Waals surface area contributed by atoms with Crippen LogP contribution in [0.3, 0.4) is 0 Å². The fraction of sp³-hybridized carbons (Fsp3) is 0.488. The normalized spacial score (nSPS) is 21.4. The van der Waals surface area contributed by atoms with Crippen LogP contribution in [0.15, 0.2) is 72.8 Å². The number of nitrogens with one attached hydrogen (secondary N) is 3. The minimum absolute atomic E-state index is 0.0349. The predicted molar refractivity (Wildman–Crippen MR) is 205 cm³/mol. The van der Waals surface area contributed by atoms with Crippen molar-refractivity contribution in [2.75, 3.05) is 45.8 Å². The minimum Gasteiger partial charge on any atom is -0.481 e. The average Bonchev–Trinajstić information content (AvgIpc) is 3.99. The van der Waals surface area contributed by atoms with Crippen LogP contribution in [0.1, 0.15) is 57.4 Å². The molecule has 0 spiro atoms. The van der Waals surface area contributed by atoms with Crippen molar-refractivity contribution in [3.05, 3.63) is 106 Å². The minimum atomic E-state index is -0.826. The van der Waals surface area contributed by atoms with E-state index in [1.165, 1.54) is 0 Å². The molecule has 3 aromatic rings. The third kappa shape index (κ3) is 10.3. The SMILES string of the molecule is O=C(O)[C@@H](Cc1cccc(CCN(Cc2cccc(C[C@H](C(=O)O)[C@H]3CCNC3)c2)C(=O)c2cccc(C[C@H](C(=O)O)[C@H]3CCNC3)c2)c1)[C@H]1CCNC1. The van der Waals surface area contributed by atoms with E-state index in [0.29, 0.717) is 64.0 Å². The topological polar surface area (TPSA) is 168 Å². The zero-order valence-electron chi connectivity index (χ0n) is 30.9. The Morgan fingerprint density at radius 3 is 1.43 bits per heavy atom. The van der Waals surface area contributed by atoms with Crippen LogP contribution in [0.2, 0.25) is 0 Å². The van der Waals surface area contributed by atoms with Crippen molar-refractivity contribution in [3.8, 4) is 0 Å². The Hall–Kier alpha value is -4.58. The number of nitrogens with zero attached hydrogens (tertiary/aromatic N) is 1. The Balaban J connectivity index is 1.22. The van der Waals surface area contributed by atoms with Crippen LogP contribution >= 0.6 is 0 Å². The summed E-state index contributed by atoms with van der Waals surface area (Å²) in [5.74, 6) is -3.89. The van der Waals surface area contributed by atoms with E-state index < -0.39 is 35.7 Å². The van der Waals surface area contributed by atoms with E-state index in [9.17, 15) is 34.5 Å². The van der Waals surface area contributed by atoms with Gasteiger partial charge in [0.25, 0.3) is 5.91 Å². The molecule has 6 atom stereocenters. The zero-order valence-corrected chi connectivity index (χ0v) is 30.9. The largest absolute Gasteiger partial charge is 0.481 e. The number of carbonyl (C=O) groups excluding carboxylic acids is 1. The molecule has 288 valence electrons. The second-order valence-electron chi connectivity index (χ2n) is 15.5. The van der Waals surface area contributed by atoms with E-state index >= 15 is 0 Å². The first-order valence-corrected chi connectivity index (χ1v) is 19.5. The molecule has 6 rings (SSSR count). The summed E-state index contributed by atoms with van der Waals surface area (Å²) in [6.45, 7) is 5.23. The van der Waals surface area contributed by atoms with Gasteiger partial charge in [-0.3, -0.25) is 19.2 Å². The lowest BCUT2D eigenvalue weighted by Crippen LogP contribution is -2.33. The van der Waals surface area contributed by atoms with Crippen molar-refractivity contribution >= 4 is 23.8 Å². The summed E-state index contributed by atoms with van der Waals surface area (Å²) >= 11 is 0. The van der Waals surface area contributed by atoms with Gasteiger partial charge in [0.05, 0.1) is 17.8 Å². The second-order valence-corrected chi connectivity index (χ2v) is 15.5. The van der Waals surface area contributed by atoms with Crippen LogP contribution in [0.5, 0.6) is 0 Å². The zero-order chi connectivity index (χ0) is 38.0. The van der Waals surface area contributed by atoms with Gasteiger partial charge in [0.1, 0.15) is 0 Å². The molecular weight excluding hydrogens is 684 g/mol. The molecule has 0 aromatic heterocycles. The number of carboxylic acid groups (broad SMARTS) is 3. The quantitative estimate of drug-likeness (QED) is 0.112. The molecule has 0 unspecified atom stereocenters. The summed E-state index contributed by atoms with van der Waals surface area (Å²) in [4.78, 5) is 52.9. The summed E-state index contributed by atoms with van der Waals surface area (Å²) in [5, 5.41) is 40.0. The first kappa shape index (κ1) is 39.1. The Morgan fingerprint density at radius 2 is 0.981 bits per heavy atom. The van der Waals surface area contributed by atoms with Crippen LogP contribution in [0, 0.1) is 35.5 Å². The highest BCUT2D eigenvalue weighted by Crippen LogP contribution is 2.27. The van der Waals surface area contributed by atoms with E-state index in [-0.39, 0.29) is 23.7 Å². The molecule has 3 aliphatic heterocycles. The van der Waals surface area contributed by atoms with Gasteiger partial charge >= 0.3 is 17.9 Å². The molecule has 0 radical (unpaired) electrons. The van der Waals surface area contributed by atoms with Gasteiger partial charge in [0.15, 0.2) is 0 Å². The molecule has 54 heavy (non-hydrogen) atoms. The van der Waals surface area contributed by atoms with Crippen LogP contribution in [0.4, 0.5) is 0 Å². The van der Waals surface area contributed by atoms with Crippen LogP contribution in [0.25, 0.3) is 0 Å². The lowest BCUT2D eigenvalue weighted by atomic mass is 9.85. The highest BCUT2D eigenvalue weighted by atomic mass is 16.4. The molecule has 0 bridgehead atoms. The summed E-state index contributed by atoms with van der Waals surface area (Å²) in [7, 11) is 0. The van der Waals surface area contributed by atoms with Crippen molar-refractivity contribution in [3.63, 3.8) is 0 Å². The summed E-state index contributed by atoms with van der Waals surface area (Å²) in [6, 6.07) is 23.1. The molecule has 3 fully saturated rings. The Bertz CT molecular complexity index is 1760. The number of benzene rings is 3. The number of rotatable bonds is 18. The molecular formula is C43H54N4O7. The number of hydrogen-bond acceptors (Lipinski definition) is 7. The van der Waals surface area contributed by atoms with E-state index in [1.807, 2.05) is 60.7 Å². The Labute approximate surface area is 317 Å². The maximum absolute atomic E-state index is 14.4. The lowest BCUT2D eigenvalue weighted by molar-refractivity contribution is -0.144. The van der Waals surface area contributed by atoms with Gasteiger partial charge in [-0.05, 0) is 142 Å². The van der Waals surface area contributed by atoms with Gasteiger partial charge in [-0.15, -0.1) is 0 Å². The summed E-state index contributed by atoms with van der Waals surface area (Å²) in [5.41, 5.74) is 5.07. The smallest absolute Gasteiger partial charge is 0.307 e. The lowest BCUT2D eigenvalue weighted by Gasteiger charge is -2.25. The van der Waals surface area contributed by atoms with Crippen molar-refractivity contribution in [2.24, 2.45) is 35.5 Å². The fourth-order valence-corrected chi connectivity index (χ4v) is 8.71. The molecule has 11 heteroatoms. The predicted octanol–water partition coefficient (Wildman–Crippen LogP) is 4.13. The Kier molecular flexibility index (Phi) is 13.5. The maximum Gasteiger partial charge on any atom is 0.307 e. The maximum atomic E-state index is 14.4. The van der Waals surface area contributed by atoms with Gasteiger partial charge in [-0.25, -0.2) is 0 Å². The molecule has 3 aliphatic rings. The molecule has 3 heterocycles. The molecule has 0 saturated carbocycles. The van der Waals surface area contributed by atoms with Crippen LogP contribution in [-0.4, -0.2) is 89.8 Å². The number of hydrogen-bond donors (Lipinski definition) is 6. The molecule has 0 aliphatic carbocycles. The average molecular weight is 739 g/mol. The van der Waals surface area contributed by atoms with Crippen molar-refractivity contribution in [2.45, 2.75) is 51.5 Å². The monoisotopic (exact) mass is 738 g/mol. The van der Waals surface area contributed by atoms with Gasteiger partial charge in [-0.1, -0.05) is 60.7 Å². The summed E-state index contributed by atoms with van der Waals surface area (Å²) < 4.78 is 0. The Morgan fingerprint density at radius 1 is 0.574 bits per heavy atom. The first-order chi connectivity index (χ1) is 26.1. The van der Waals surface area contributed by atoms with E-state index in [1.54, 1.807) is 11.0 Å². The van der Waals surface area contributed by atoms with Crippen molar-refractivity contribution in [1.29, 1.82) is 0 Å². The van der Waals surface area contributed by atoms with Crippen LogP contribution < -0.4 is 16.0 Å². The van der Waals surface area contributed by atoms with E-state index in [2.05, 4.69) is 22.0 Å². The number of amides is 1. The fourth-order valence-electron chi connectivity index (χ4n) is 8.71. The van der Waals surface area contributed by atoms with Gasteiger partial charge in [0, 0.05) is 18.7 Å². The van der Waals surface area contributed by atoms with Gasteiger partial charge in [-0.2, -0.15) is 0 Å². The third-order valence-corrected chi connectivity index (χ3v) is 11.8. The molecule has 3 saturated heterocycles. The number of aliphatic carboxylic acids is 3. The molecule has 6 N–H and O–H groups in total.